The zero-order valence-electron chi connectivity index (χ0n) is 18.8. The van der Waals surface area contributed by atoms with Crippen LogP contribution in [-0.4, -0.2) is 46.0 Å². The van der Waals surface area contributed by atoms with Crippen molar-refractivity contribution in [1.29, 1.82) is 0 Å². The first-order valence-corrected chi connectivity index (χ1v) is 10.7. The highest BCUT2D eigenvalue weighted by atomic mass is 19.1. The number of ether oxygens (including phenoxy) is 2. The van der Waals surface area contributed by atoms with Crippen molar-refractivity contribution in [3.63, 3.8) is 0 Å². The molecule has 0 aliphatic rings. The average molecular weight is 465 g/mol. The molecule has 34 heavy (non-hydrogen) atoms. The van der Waals surface area contributed by atoms with Gasteiger partial charge in [-0.05, 0) is 48.4 Å². The van der Waals surface area contributed by atoms with Gasteiger partial charge in [0.2, 0.25) is 5.91 Å². The first kappa shape index (κ1) is 23.0. The van der Waals surface area contributed by atoms with E-state index < -0.39 is 0 Å². The molecule has 2 heterocycles. The average Bonchev–Trinajstić information content (AvgIpc) is 3.29. The summed E-state index contributed by atoms with van der Waals surface area (Å²) in [6.07, 6.45) is 3.57. The number of benzene rings is 2. The van der Waals surface area contributed by atoms with Crippen LogP contribution in [-0.2, 0) is 17.8 Å². The zero-order valence-corrected chi connectivity index (χ0v) is 18.8. The Morgan fingerprint density at radius 2 is 1.85 bits per heavy atom. The number of nitrogens with zero attached hydrogens (tertiary/aromatic N) is 4. The first-order chi connectivity index (χ1) is 16.5. The summed E-state index contributed by atoms with van der Waals surface area (Å²) in [6.45, 7) is 0.636. The van der Waals surface area contributed by atoms with Crippen LogP contribution in [0.3, 0.4) is 0 Å². The maximum Gasteiger partial charge on any atom is 0.264 e. The number of nitrogens with one attached hydrogen (secondary N) is 1. The molecule has 1 amide bonds. The fourth-order valence-corrected chi connectivity index (χ4v) is 3.57. The van der Waals surface area contributed by atoms with E-state index in [4.69, 9.17) is 9.47 Å². The molecule has 4 aromatic rings. The van der Waals surface area contributed by atoms with E-state index in [-0.39, 0.29) is 30.2 Å². The molecule has 0 saturated heterocycles. The first-order valence-electron chi connectivity index (χ1n) is 10.7. The summed E-state index contributed by atoms with van der Waals surface area (Å²) in [5, 5.41) is 7.39. The van der Waals surface area contributed by atoms with Crippen LogP contribution in [0.15, 0.2) is 59.8 Å². The van der Waals surface area contributed by atoms with Gasteiger partial charge in [-0.1, -0.05) is 6.07 Å². The second-order valence-corrected chi connectivity index (χ2v) is 7.55. The fourth-order valence-electron chi connectivity index (χ4n) is 3.57. The molecule has 10 heteroatoms. The molecule has 1 N–H and O–H groups in total. The van der Waals surface area contributed by atoms with Gasteiger partial charge in [0, 0.05) is 19.5 Å². The van der Waals surface area contributed by atoms with Gasteiger partial charge in [-0.2, -0.15) is 5.10 Å². The molecule has 0 radical (unpaired) electrons. The van der Waals surface area contributed by atoms with Crippen LogP contribution >= 0.6 is 0 Å². The van der Waals surface area contributed by atoms with Gasteiger partial charge in [0.1, 0.15) is 11.2 Å². The molecule has 4 rings (SSSR count). The molecule has 0 fully saturated rings. The Balaban J connectivity index is 1.35. The zero-order chi connectivity index (χ0) is 24.1. The van der Waals surface area contributed by atoms with Crippen molar-refractivity contribution in [2.24, 2.45) is 0 Å². The lowest BCUT2D eigenvalue weighted by Crippen LogP contribution is -2.29. The summed E-state index contributed by atoms with van der Waals surface area (Å²) >= 11 is 0. The van der Waals surface area contributed by atoms with Crippen molar-refractivity contribution in [3.05, 3.63) is 76.7 Å². The Labute approximate surface area is 194 Å². The standard InChI is InChI=1S/C24H24FN5O4/c1-33-20-8-3-16(13-21(20)34-2)9-11-26-22(31)10-12-29-15-27-23-19(24(29)32)14-28-30(23)18-6-4-17(25)5-7-18/h3-8,13-15H,9-12H2,1-2H3,(H,26,31). The minimum Gasteiger partial charge on any atom is -0.493 e. The smallest absolute Gasteiger partial charge is 0.264 e. The van der Waals surface area contributed by atoms with Crippen molar-refractivity contribution in [2.75, 3.05) is 20.8 Å². The van der Waals surface area contributed by atoms with E-state index in [0.29, 0.717) is 41.2 Å². The predicted molar refractivity (Wildman–Crippen MR) is 124 cm³/mol. The Kier molecular flexibility index (Phi) is 6.86. The molecule has 0 atom stereocenters. The number of rotatable bonds is 9. The molecule has 0 spiro atoms. The third kappa shape index (κ3) is 4.90. The number of halogens is 1. The fraction of sp³-hybridized carbons (Fsp3) is 0.250. The lowest BCUT2D eigenvalue weighted by Gasteiger charge is -2.10. The van der Waals surface area contributed by atoms with Crippen molar-refractivity contribution in [1.82, 2.24) is 24.6 Å². The van der Waals surface area contributed by atoms with E-state index in [2.05, 4.69) is 15.4 Å². The number of carbonyl (C=O) groups excluding carboxylic acids is 1. The maximum atomic E-state index is 13.2. The lowest BCUT2D eigenvalue weighted by atomic mass is 10.1. The maximum absolute atomic E-state index is 13.2. The SMILES string of the molecule is COc1ccc(CCNC(=O)CCn2cnc3c(cnn3-c3ccc(F)cc3)c2=O)cc1OC. The van der Waals surface area contributed by atoms with Crippen molar-refractivity contribution in [3.8, 4) is 17.2 Å². The predicted octanol–water partition coefficient (Wildman–Crippen LogP) is 2.49. The molecule has 176 valence electrons. The van der Waals surface area contributed by atoms with E-state index in [1.54, 1.807) is 26.4 Å². The van der Waals surface area contributed by atoms with Gasteiger partial charge in [0.15, 0.2) is 17.1 Å². The summed E-state index contributed by atoms with van der Waals surface area (Å²) < 4.78 is 26.6. The minimum absolute atomic E-state index is 0.130. The summed E-state index contributed by atoms with van der Waals surface area (Å²) in [6, 6.07) is 11.4. The van der Waals surface area contributed by atoms with Crippen molar-refractivity contribution in [2.45, 2.75) is 19.4 Å². The molecular weight excluding hydrogens is 441 g/mol. The summed E-state index contributed by atoms with van der Waals surface area (Å²) in [7, 11) is 3.15. The van der Waals surface area contributed by atoms with Crippen LogP contribution in [0.4, 0.5) is 4.39 Å². The lowest BCUT2D eigenvalue weighted by molar-refractivity contribution is -0.121. The van der Waals surface area contributed by atoms with Crippen LogP contribution in [0.1, 0.15) is 12.0 Å². The van der Waals surface area contributed by atoms with Gasteiger partial charge >= 0.3 is 0 Å². The molecule has 0 unspecified atom stereocenters. The number of aromatic nitrogens is 4. The number of aryl methyl sites for hydroxylation is 1. The minimum atomic E-state index is -0.363. The molecule has 9 nitrogen and oxygen atoms in total. The van der Waals surface area contributed by atoms with Gasteiger partial charge in [-0.15, -0.1) is 0 Å². The number of hydrogen-bond acceptors (Lipinski definition) is 6. The van der Waals surface area contributed by atoms with E-state index in [0.717, 1.165) is 5.56 Å². The molecule has 0 aliphatic carbocycles. The highest BCUT2D eigenvalue weighted by molar-refractivity contribution is 5.76. The number of carbonyl (C=O) groups is 1. The van der Waals surface area contributed by atoms with Gasteiger partial charge in [-0.3, -0.25) is 14.2 Å². The Morgan fingerprint density at radius 1 is 1.09 bits per heavy atom. The quantitative estimate of drug-likeness (QED) is 0.408. The largest absolute Gasteiger partial charge is 0.493 e. The Bertz CT molecular complexity index is 1360. The molecule has 0 saturated carbocycles. The molecular formula is C24H24FN5O4. The van der Waals surface area contributed by atoms with Crippen molar-refractivity contribution >= 4 is 16.9 Å². The monoisotopic (exact) mass is 465 g/mol. The molecule has 0 aliphatic heterocycles. The van der Waals surface area contributed by atoms with E-state index >= 15 is 0 Å². The van der Waals surface area contributed by atoms with E-state index in [9.17, 15) is 14.0 Å². The third-order valence-corrected chi connectivity index (χ3v) is 5.39. The second kappa shape index (κ2) is 10.2. The number of hydrogen-bond donors (Lipinski definition) is 1. The topological polar surface area (TPSA) is 100 Å². The van der Waals surface area contributed by atoms with Gasteiger partial charge < -0.3 is 14.8 Å². The number of amides is 1. The normalized spacial score (nSPS) is 10.9. The van der Waals surface area contributed by atoms with E-state index in [1.165, 1.54) is 33.9 Å². The molecule has 2 aromatic carbocycles. The van der Waals surface area contributed by atoms with Crippen LogP contribution in [0.25, 0.3) is 16.7 Å². The van der Waals surface area contributed by atoms with Gasteiger partial charge in [0.05, 0.1) is 32.4 Å². The molecule has 2 aromatic heterocycles. The number of methoxy groups -OCH3 is 2. The molecule has 0 bridgehead atoms. The van der Waals surface area contributed by atoms with Crippen LogP contribution < -0.4 is 20.3 Å². The summed E-state index contributed by atoms with van der Waals surface area (Å²) in [5.74, 6) is 0.748. The van der Waals surface area contributed by atoms with Crippen LogP contribution in [0.5, 0.6) is 11.5 Å². The summed E-state index contributed by atoms with van der Waals surface area (Å²) in [4.78, 5) is 29.4. The van der Waals surface area contributed by atoms with Crippen LogP contribution in [0, 0.1) is 5.82 Å². The second-order valence-electron chi connectivity index (χ2n) is 7.55. The Morgan fingerprint density at radius 3 is 2.59 bits per heavy atom. The summed E-state index contributed by atoms with van der Waals surface area (Å²) in [5.41, 5.74) is 1.67. The van der Waals surface area contributed by atoms with Crippen LogP contribution in [0.2, 0.25) is 0 Å². The Hall–Kier alpha value is -4.21. The van der Waals surface area contributed by atoms with E-state index in [1.807, 2.05) is 18.2 Å². The van der Waals surface area contributed by atoms with Crippen molar-refractivity contribution < 1.29 is 18.7 Å². The van der Waals surface area contributed by atoms with Gasteiger partial charge in [0.25, 0.3) is 5.56 Å². The highest BCUT2D eigenvalue weighted by Crippen LogP contribution is 2.27. The highest BCUT2D eigenvalue weighted by Gasteiger charge is 2.12. The number of fused-ring (bicyclic) bond motifs is 1. The third-order valence-electron chi connectivity index (χ3n) is 5.39. The van der Waals surface area contributed by atoms with Gasteiger partial charge in [-0.25, -0.2) is 14.1 Å².